The van der Waals surface area contributed by atoms with E-state index in [1.54, 1.807) is 0 Å². The molecule has 0 spiro atoms. The molecule has 0 aromatic carbocycles. The highest BCUT2D eigenvalue weighted by atomic mass is 16.8. The van der Waals surface area contributed by atoms with E-state index in [9.17, 15) is 0 Å². The Bertz CT molecular complexity index is 418. The fourth-order valence-corrected chi connectivity index (χ4v) is 3.21. The molecular formula is C14H23NO4. The van der Waals surface area contributed by atoms with E-state index in [0.717, 1.165) is 12.0 Å². The third-order valence-corrected chi connectivity index (χ3v) is 4.07. The van der Waals surface area contributed by atoms with Gasteiger partial charge in [-0.1, -0.05) is 6.08 Å². The molecule has 3 atom stereocenters. The minimum atomic E-state index is -0.626. The summed E-state index contributed by atoms with van der Waals surface area (Å²) in [5.41, 5.74) is 6.62. The van der Waals surface area contributed by atoms with Crippen LogP contribution in [0.4, 0.5) is 0 Å². The smallest absolute Gasteiger partial charge is 0.164 e. The largest absolute Gasteiger partial charge is 0.346 e. The first kappa shape index (κ1) is 13.5. The van der Waals surface area contributed by atoms with Crippen LogP contribution in [0.3, 0.4) is 0 Å². The molecule has 0 amide bonds. The highest BCUT2D eigenvalue weighted by molar-refractivity contribution is 5.25. The van der Waals surface area contributed by atoms with Crippen molar-refractivity contribution in [1.29, 1.82) is 0 Å². The van der Waals surface area contributed by atoms with Crippen LogP contribution in [0.5, 0.6) is 0 Å². The zero-order valence-corrected chi connectivity index (χ0v) is 12.1. The Morgan fingerprint density at radius 3 is 2.63 bits per heavy atom. The Balaban J connectivity index is 1.95. The van der Waals surface area contributed by atoms with E-state index in [1.165, 1.54) is 0 Å². The topological polar surface area (TPSA) is 62.9 Å². The number of hydrogen-bond donors (Lipinski definition) is 1. The van der Waals surface area contributed by atoms with Gasteiger partial charge < -0.3 is 24.7 Å². The van der Waals surface area contributed by atoms with Gasteiger partial charge in [0, 0.05) is 6.54 Å². The summed E-state index contributed by atoms with van der Waals surface area (Å²) >= 11 is 0. The van der Waals surface area contributed by atoms with E-state index in [2.05, 4.69) is 6.08 Å². The first-order valence-electron chi connectivity index (χ1n) is 6.86. The van der Waals surface area contributed by atoms with Crippen molar-refractivity contribution in [2.24, 2.45) is 5.73 Å². The molecule has 19 heavy (non-hydrogen) atoms. The molecule has 0 radical (unpaired) electrons. The normalized spacial score (nSPS) is 43.3. The van der Waals surface area contributed by atoms with Crippen LogP contribution in [-0.2, 0) is 18.9 Å². The Kier molecular flexibility index (Phi) is 2.86. The number of ether oxygens (including phenoxy) is 4. The summed E-state index contributed by atoms with van der Waals surface area (Å²) in [5.74, 6) is -1.23. The minimum Gasteiger partial charge on any atom is -0.346 e. The number of nitrogens with two attached hydrogens (primary N) is 1. The molecule has 2 saturated heterocycles. The maximum atomic E-state index is 6.09. The molecule has 108 valence electrons. The standard InChI is InChI=1S/C14H23NO4/c1-12(2)16-7-9-5-6-14(8-15)11(10(9)17-12)18-13(3,4)19-14/h5,10-11H,6-8,15H2,1-4H3/t10-,11?,14?/m0/s1. The lowest BCUT2D eigenvalue weighted by Crippen LogP contribution is -2.59. The molecule has 2 heterocycles. The molecule has 0 aromatic rings. The summed E-state index contributed by atoms with van der Waals surface area (Å²) in [6.07, 6.45) is 2.57. The van der Waals surface area contributed by atoms with Crippen LogP contribution in [0, 0.1) is 0 Å². The lowest BCUT2D eigenvalue weighted by molar-refractivity contribution is -0.275. The molecule has 2 N–H and O–H groups in total. The maximum Gasteiger partial charge on any atom is 0.164 e. The zero-order chi connectivity index (χ0) is 13.9. The van der Waals surface area contributed by atoms with Gasteiger partial charge in [0.2, 0.25) is 0 Å². The predicted octanol–water partition coefficient (Wildman–Crippen LogP) is 1.32. The second kappa shape index (κ2) is 4.02. The van der Waals surface area contributed by atoms with Gasteiger partial charge in [0.1, 0.15) is 17.8 Å². The van der Waals surface area contributed by atoms with E-state index >= 15 is 0 Å². The van der Waals surface area contributed by atoms with Crippen LogP contribution in [0.2, 0.25) is 0 Å². The Morgan fingerprint density at radius 1 is 1.21 bits per heavy atom. The zero-order valence-electron chi connectivity index (χ0n) is 12.1. The summed E-state index contributed by atoms with van der Waals surface area (Å²) in [4.78, 5) is 0. The van der Waals surface area contributed by atoms with Gasteiger partial charge in [-0.25, -0.2) is 0 Å². The van der Waals surface area contributed by atoms with Gasteiger partial charge in [0.15, 0.2) is 11.6 Å². The van der Waals surface area contributed by atoms with Crippen LogP contribution in [-0.4, -0.2) is 42.5 Å². The quantitative estimate of drug-likeness (QED) is 0.727. The minimum absolute atomic E-state index is 0.136. The average Bonchev–Trinajstić information content (AvgIpc) is 2.60. The highest BCUT2D eigenvalue weighted by Gasteiger charge is 2.59. The molecule has 0 bridgehead atoms. The number of fused-ring (bicyclic) bond motifs is 3. The van der Waals surface area contributed by atoms with E-state index < -0.39 is 17.2 Å². The summed E-state index contributed by atoms with van der Waals surface area (Å²) in [6.45, 7) is 8.69. The third kappa shape index (κ3) is 2.14. The fourth-order valence-electron chi connectivity index (χ4n) is 3.21. The molecule has 2 aliphatic heterocycles. The van der Waals surface area contributed by atoms with Gasteiger partial charge >= 0.3 is 0 Å². The second-order valence-electron chi connectivity index (χ2n) is 6.52. The molecular weight excluding hydrogens is 246 g/mol. The van der Waals surface area contributed by atoms with Gasteiger partial charge in [-0.05, 0) is 39.7 Å². The third-order valence-electron chi connectivity index (χ3n) is 4.07. The Labute approximate surface area is 114 Å². The molecule has 0 aromatic heterocycles. The van der Waals surface area contributed by atoms with Crippen LogP contribution in [0.15, 0.2) is 11.6 Å². The number of hydrogen-bond acceptors (Lipinski definition) is 5. The highest BCUT2D eigenvalue weighted by Crippen LogP contribution is 2.47. The molecule has 3 aliphatic rings. The van der Waals surface area contributed by atoms with Gasteiger partial charge in [-0.15, -0.1) is 0 Å². The first-order valence-corrected chi connectivity index (χ1v) is 6.86. The Hall–Kier alpha value is -0.460. The van der Waals surface area contributed by atoms with Gasteiger partial charge in [-0.2, -0.15) is 0 Å². The lowest BCUT2D eigenvalue weighted by atomic mass is 9.80. The van der Waals surface area contributed by atoms with Crippen molar-refractivity contribution in [2.45, 2.75) is 63.5 Å². The van der Waals surface area contributed by atoms with Crippen LogP contribution in [0.1, 0.15) is 34.1 Å². The molecule has 1 aliphatic carbocycles. The predicted molar refractivity (Wildman–Crippen MR) is 69.4 cm³/mol. The van der Waals surface area contributed by atoms with Crippen molar-refractivity contribution >= 4 is 0 Å². The van der Waals surface area contributed by atoms with Crippen molar-refractivity contribution < 1.29 is 18.9 Å². The van der Waals surface area contributed by atoms with Crippen LogP contribution >= 0.6 is 0 Å². The lowest BCUT2D eigenvalue weighted by Gasteiger charge is -2.46. The monoisotopic (exact) mass is 269 g/mol. The molecule has 3 rings (SSSR count). The van der Waals surface area contributed by atoms with E-state index in [-0.39, 0.29) is 12.2 Å². The van der Waals surface area contributed by atoms with Crippen molar-refractivity contribution in [2.75, 3.05) is 13.2 Å². The van der Waals surface area contributed by atoms with E-state index in [1.807, 2.05) is 27.7 Å². The Morgan fingerprint density at radius 2 is 1.95 bits per heavy atom. The van der Waals surface area contributed by atoms with Gasteiger partial charge in [-0.3, -0.25) is 0 Å². The van der Waals surface area contributed by atoms with E-state index in [0.29, 0.717) is 13.2 Å². The summed E-state index contributed by atoms with van der Waals surface area (Å²) in [6, 6.07) is 0. The second-order valence-corrected chi connectivity index (χ2v) is 6.52. The molecule has 2 unspecified atom stereocenters. The van der Waals surface area contributed by atoms with Crippen LogP contribution in [0.25, 0.3) is 0 Å². The molecule has 0 saturated carbocycles. The van der Waals surface area contributed by atoms with Crippen molar-refractivity contribution in [3.05, 3.63) is 11.6 Å². The first-order chi connectivity index (χ1) is 8.77. The summed E-state index contributed by atoms with van der Waals surface area (Å²) < 4.78 is 23.9. The average molecular weight is 269 g/mol. The van der Waals surface area contributed by atoms with E-state index in [4.69, 9.17) is 24.7 Å². The molecule has 5 nitrogen and oxygen atoms in total. The van der Waals surface area contributed by atoms with Crippen molar-refractivity contribution in [1.82, 2.24) is 0 Å². The van der Waals surface area contributed by atoms with Crippen molar-refractivity contribution in [3.8, 4) is 0 Å². The number of rotatable bonds is 1. The molecule has 2 fully saturated rings. The van der Waals surface area contributed by atoms with Gasteiger partial charge in [0.05, 0.1) is 6.61 Å². The molecule has 5 heteroatoms. The van der Waals surface area contributed by atoms with Gasteiger partial charge in [0.25, 0.3) is 0 Å². The summed E-state index contributed by atoms with van der Waals surface area (Å²) in [7, 11) is 0. The van der Waals surface area contributed by atoms with Crippen molar-refractivity contribution in [3.63, 3.8) is 0 Å². The fraction of sp³-hybridized carbons (Fsp3) is 0.857. The SMILES string of the molecule is CC1(C)OCC2=CCC3(CN)OC(C)(C)OC3[C@H]2O1. The van der Waals surface area contributed by atoms with Crippen LogP contribution < -0.4 is 5.73 Å². The summed E-state index contributed by atoms with van der Waals surface area (Å²) in [5, 5.41) is 0. The maximum absolute atomic E-state index is 6.09.